The van der Waals surface area contributed by atoms with Crippen molar-refractivity contribution in [2.75, 3.05) is 31.4 Å². The van der Waals surface area contributed by atoms with E-state index in [1.807, 2.05) is 6.26 Å². The summed E-state index contributed by atoms with van der Waals surface area (Å²) < 4.78 is 28.1. The van der Waals surface area contributed by atoms with E-state index in [1.54, 1.807) is 23.9 Å². The topological polar surface area (TPSA) is 98.5 Å². The van der Waals surface area contributed by atoms with E-state index < -0.39 is 15.9 Å². The molecule has 0 aliphatic heterocycles. The van der Waals surface area contributed by atoms with E-state index >= 15 is 0 Å². The Bertz CT molecular complexity index is 573. The number of nitrogens with one attached hydrogen (secondary N) is 1. The molecule has 0 radical (unpaired) electrons. The molecule has 1 aromatic carbocycles. The molecule has 0 heterocycles. The third-order valence-electron chi connectivity index (χ3n) is 2.89. The molecular formula is C14H22N2O4S2. The maximum Gasteiger partial charge on any atom is 0.237 e. The number of nitrogens with two attached hydrogens (primary N) is 1. The molecule has 0 aliphatic carbocycles. The Morgan fingerprint density at radius 2 is 2.00 bits per heavy atom. The molecule has 1 atom stereocenters. The molecule has 0 spiro atoms. The summed E-state index contributed by atoms with van der Waals surface area (Å²) in [6.07, 6.45) is 3.76. The van der Waals surface area contributed by atoms with Crippen molar-refractivity contribution >= 4 is 27.5 Å². The normalized spacial score (nSPS) is 12.7. The molecule has 6 nitrogen and oxygen atoms in total. The first-order chi connectivity index (χ1) is 10.3. The van der Waals surface area contributed by atoms with Gasteiger partial charge in [-0.15, -0.1) is 0 Å². The lowest BCUT2D eigenvalue weighted by atomic mass is 10.2. The van der Waals surface area contributed by atoms with E-state index in [-0.39, 0.29) is 10.8 Å². The zero-order valence-electron chi connectivity index (χ0n) is 12.7. The van der Waals surface area contributed by atoms with Crippen LogP contribution in [0.15, 0.2) is 29.2 Å². The summed E-state index contributed by atoms with van der Waals surface area (Å²) in [6, 6.07) is 5.65. The highest BCUT2D eigenvalue weighted by atomic mass is 32.2. The number of carbonyl (C=O) groups excluding carboxylic acids is 1. The molecule has 0 saturated carbocycles. The van der Waals surface area contributed by atoms with Gasteiger partial charge in [0.15, 0.2) is 9.84 Å². The van der Waals surface area contributed by atoms with E-state index in [2.05, 4.69) is 5.32 Å². The van der Waals surface area contributed by atoms with Crippen molar-refractivity contribution in [2.24, 2.45) is 5.73 Å². The molecule has 1 aromatic rings. The molecule has 0 fully saturated rings. The van der Waals surface area contributed by atoms with Crippen LogP contribution in [0.25, 0.3) is 0 Å². The first-order valence-electron chi connectivity index (χ1n) is 6.79. The molecule has 1 amide bonds. The Morgan fingerprint density at radius 1 is 1.36 bits per heavy atom. The molecule has 8 heteroatoms. The zero-order chi connectivity index (χ0) is 16.6. The van der Waals surface area contributed by atoms with E-state index in [1.165, 1.54) is 12.1 Å². The summed E-state index contributed by atoms with van der Waals surface area (Å²) in [5.74, 6) is 1.20. The van der Waals surface area contributed by atoms with Gasteiger partial charge in [-0.25, -0.2) is 8.42 Å². The number of carbonyl (C=O) groups is 1. The molecule has 22 heavy (non-hydrogen) atoms. The van der Waals surface area contributed by atoms with E-state index in [0.29, 0.717) is 25.3 Å². The predicted octanol–water partition coefficient (Wildman–Crippen LogP) is 0.666. The van der Waals surface area contributed by atoms with Gasteiger partial charge in [0.1, 0.15) is 12.4 Å². The fourth-order valence-corrected chi connectivity index (χ4v) is 2.75. The van der Waals surface area contributed by atoms with Crippen LogP contribution in [0.4, 0.5) is 0 Å². The highest BCUT2D eigenvalue weighted by molar-refractivity contribution is 7.98. The molecule has 3 N–H and O–H groups in total. The van der Waals surface area contributed by atoms with Crippen molar-refractivity contribution in [2.45, 2.75) is 17.4 Å². The number of hydrogen-bond acceptors (Lipinski definition) is 6. The van der Waals surface area contributed by atoms with Crippen molar-refractivity contribution in [3.8, 4) is 5.75 Å². The Morgan fingerprint density at radius 3 is 2.55 bits per heavy atom. The summed E-state index contributed by atoms with van der Waals surface area (Å²) >= 11 is 1.65. The third-order valence-corrected chi connectivity index (χ3v) is 4.66. The van der Waals surface area contributed by atoms with Crippen LogP contribution in [0.2, 0.25) is 0 Å². The second-order valence-electron chi connectivity index (χ2n) is 4.77. The Hall–Kier alpha value is -1.25. The van der Waals surface area contributed by atoms with Crippen LogP contribution in [-0.4, -0.2) is 51.8 Å². The van der Waals surface area contributed by atoms with Gasteiger partial charge in [-0.2, -0.15) is 11.8 Å². The van der Waals surface area contributed by atoms with Crippen molar-refractivity contribution in [1.82, 2.24) is 5.32 Å². The number of thioether (sulfide) groups is 1. The summed E-state index contributed by atoms with van der Waals surface area (Å²) in [7, 11) is -3.20. The first kappa shape index (κ1) is 18.8. The number of rotatable bonds is 9. The van der Waals surface area contributed by atoms with Gasteiger partial charge in [0, 0.05) is 6.26 Å². The number of hydrogen-bond donors (Lipinski definition) is 2. The van der Waals surface area contributed by atoms with Crippen molar-refractivity contribution in [3.05, 3.63) is 24.3 Å². The SMILES string of the molecule is CSCC[C@H](N)C(=O)NCCOc1ccc(S(C)(=O)=O)cc1. The van der Waals surface area contributed by atoms with Crippen LogP contribution in [0.5, 0.6) is 5.75 Å². The Kier molecular flexibility index (Phi) is 7.70. The van der Waals surface area contributed by atoms with Crippen LogP contribution in [0.3, 0.4) is 0 Å². The molecule has 0 bridgehead atoms. The molecule has 0 saturated heterocycles. The molecular weight excluding hydrogens is 324 g/mol. The molecule has 0 aliphatic rings. The Labute approximate surface area is 135 Å². The average molecular weight is 346 g/mol. The molecule has 0 unspecified atom stereocenters. The van der Waals surface area contributed by atoms with Crippen LogP contribution >= 0.6 is 11.8 Å². The summed E-state index contributed by atoms with van der Waals surface area (Å²) in [6.45, 7) is 0.638. The smallest absolute Gasteiger partial charge is 0.237 e. The van der Waals surface area contributed by atoms with Crippen LogP contribution < -0.4 is 15.8 Å². The largest absolute Gasteiger partial charge is 0.492 e. The van der Waals surface area contributed by atoms with E-state index in [9.17, 15) is 13.2 Å². The van der Waals surface area contributed by atoms with Crippen molar-refractivity contribution in [1.29, 1.82) is 0 Å². The minimum absolute atomic E-state index is 0.190. The Balaban J connectivity index is 2.31. The summed E-state index contributed by atoms with van der Waals surface area (Å²) in [5, 5.41) is 2.70. The number of amides is 1. The highest BCUT2D eigenvalue weighted by Crippen LogP contribution is 2.15. The lowest BCUT2D eigenvalue weighted by Crippen LogP contribution is -2.42. The van der Waals surface area contributed by atoms with Gasteiger partial charge in [-0.1, -0.05) is 0 Å². The van der Waals surface area contributed by atoms with Gasteiger partial charge in [0.05, 0.1) is 17.5 Å². The van der Waals surface area contributed by atoms with Crippen LogP contribution in [-0.2, 0) is 14.6 Å². The standard InChI is InChI=1S/C14H22N2O4S2/c1-21-10-7-13(15)14(17)16-8-9-20-11-3-5-12(6-4-11)22(2,18)19/h3-6,13H,7-10,15H2,1-2H3,(H,16,17)/t13-/m0/s1. The van der Waals surface area contributed by atoms with Gasteiger partial charge in [-0.3, -0.25) is 4.79 Å². The van der Waals surface area contributed by atoms with Gasteiger partial charge in [0.25, 0.3) is 0 Å². The zero-order valence-corrected chi connectivity index (χ0v) is 14.4. The monoisotopic (exact) mass is 346 g/mol. The van der Waals surface area contributed by atoms with Gasteiger partial charge >= 0.3 is 0 Å². The summed E-state index contributed by atoms with van der Waals surface area (Å²) in [5.41, 5.74) is 5.73. The van der Waals surface area contributed by atoms with Gasteiger partial charge in [-0.05, 0) is 42.7 Å². The lowest BCUT2D eigenvalue weighted by Gasteiger charge is -2.12. The second kappa shape index (κ2) is 9.02. The molecule has 1 rings (SSSR count). The second-order valence-corrected chi connectivity index (χ2v) is 7.77. The van der Waals surface area contributed by atoms with Crippen molar-refractivity contribution < 1.29 is 17.9 Å². The highest BCUT2D eigenvalue weighted by Gasteiger charge is 2.12. The fourth-order valence-electron chi connectivity index (χ4n) is 1.63. The van der Waals surface area contributed by atoms with E-state index in [4.69, 9.17) is 10.5 Å². The van der Waals surface area contributed by atoms with E-state index in [0.717, 1.165) is 12.0 Å². The average Bonchev–Trinajstić information content (AvgIpc) is 2.48. The summed E-state index contributed by atoms with van der Waals surface area (Å²) in [4.78, 5) is 11.9. The maximum atomic E-state index is 11.6. The van der Waals surface area contributed by atoms with Gasteiger partial charge in [0.2, 0.25) is 5.91 Å². The number of sulfone groups is 1. The maximum absolute atomic E-state index is 11.6. The first-order valence-corrected chi connectivity index (χ1v) is 10.1. The van der Waals surface area contributed by atoms with Gasteiger partial charge < -0.3 is 15.8 Å². The quantitative estimate of drug-likeness (QED) is 0.638. The third kappa shape index (κ3) is 6.67. The molecule has 0 aromatic heterocycles. The minimum atomic E-state index is -3.20. The number of ether oxygens (including phenoxy) is 1. The van der Waals surface area contributed by atoms with Crippen molar-refractivity contribution in [3.63, 3.8) is 0 Å². The minimum Gasteiger partial charge on any atom is -0.492 e. The number of benzene rings is 1. The molecule has 124 valence electrons. The lowest BCUT2D eigenvalue weighted by molar-refractivity contribution is -0.122. The van der Waals surface area contributed by atoms with Crippen LogP contribution in [0, 0.1) is 0 Å². The fraction of sp³-hybridized carbons (Fsp3) is 0.500. The van der Waals surface area contributed by atoms with Crippen LogP contribution in [0.1, 0.15) is 6.42 Å². The predicted molar refractivity (Wildman–Crippen MR) is 89.0 cm³/mol.